The summed E-state index contributed by atoms with van der Waals surface area (Å²) in [5.74, 6) is -0.0391. The van der Waals surface area contributed by atoms with Crippen LogP contribution in [0.5, 0.6) is 5.75 Å². The first-order chi connectivity index (χ1) is 15.5. The van der Waals surface area contributed by atoms with Crippen molar-refractivity contribution >= 4 is 46.8 Å². The van der Waals surface area contributed by atoms with Gasteiger partial charge in [0.05, 0.1) is 30.0 Å². The van der Waals surface area contributed by atoms with E-state index in [-0.39, 0.29) is 18.2 Å². The molecule has 0 bridgehead atoms. The fraction of sp³-hybridized carbons (Fsp3) is 0.217. The number of cyclic esters (lactones) is 1. The molecular weight excluding hydrogens is 451 g/mol. The maximum atomic E-state index is 12.2. The smallest absolute Gasteiger partial charge is 0.363 e. The average Bonchev–Trinajstić information content (AvgIpc) is 3.13. The van der Waals surface area contributed by atoms with E-state index >= 15 is 0 Å². The molecule has 0 N–H and O–H groups in total. The van der Waals surface area contributed by atoms with E-state index in [9.17, 15) is 4.79 Å². The van der Waals surface area contributed by atoms with Gasteiger partial charge in [-0.25, -0.2) is 9.79 Å². The molecule has 0 radical (unpaired) electrons. The van der Waals surface area contributed by atoms with E-state index in [0.29, 0.717) is 41.7 Å². The number of halogens is 2. The molecule has 0 aliphatic carbocycles. The van der Waals surface area contributed by atoms with Crippen molar-refractivity contribution < 1.29 is 14.3 Å². The molecule has 2 aromatic rings. The van der Waals surface area contributed by atoms with Gasteiger partial charge in [-0.05, 0) is 42.0 Å². The number of esters is 1. The van der Waals surface area contributed by atoms with Gasteiger partial charge in [-0.2, -0.15) is 10.5 Å². The predicted molar refractivity (Wildman–Crippen MR) is 123 cm³/mol. The lowest BCUT2D eigenvalue weighted by Gasteiger charge is -2.22. The topological polar surface area (TPSA) is 98.7 Å². The van der Waals surface area contributed by atoms with Crippen molar-refractivity contribution in [3.63, 3.8) is 0 Å². The molecule has 0 saturated carbocycles. The SMILES string of the molecule is N#CCCN(CCC#N)c1ccc(/C=C2\N=C(COc3ccc(Cl)cc3Cl)OC2=O)cc1. The number of carbonyl (C=O) groups is 1. The van der Waals surface area contributed by atoms with Crippen LogP contribution in [0.25, 0.3) is 6.08 Å². The third-order valence-electron chi connectivity index (χ3n) is 4.46. The molecule has 9 heteroatoms. The Morgan fingerprint density at radius 1 is 1.06 bits per heavy atom. The summed E-state index contributed by atoms with van der Waals surface area (Å²) in [7, 11) is 0. The van der Waals surface area contributed by atoms with Gasteiger partial charge in [0, 0.05) is 23.8 Å². The minimum absolute atomic E-state index is 0.0594. The second-order valence-corrected chi connectivity index (χ2v) is 7.53. The molecule has 0 fully saturated rings. The molecule has 0 amide bonds. The third-order valence-corrected chi connectivity index (χ3v) is 4.99. The highest BCUT2D eigenvalue weighted by molar-refractivity contribution is 6.35. The van der Waals surface area contributed by atoms with Crippen molar-refractivity contribution in [1.29, 1.82) is 10.5 Å². The normalized spacial score (nSPS) is 13.8. The van der Waals surface area contributed by atoms with Crippen LogP contribution < -0.4 is 9.64 Å². The number of aliphatic imine (C=N–C) groups is 1. The van der Waals surface area contributed by atoms with E-state index in [2.05, 4.69) is 17.1 Å². The maximum Gasteiger partial charge on any atom is 0.363 e. The van der Waals surface area contributed by atoms with Crippen LogP contribution in [0.1, 0.15) is 18.4 Å². The molecule has 0 atom stereocenters. The lowest BCUT2D eigenvalue weighted by Crippen LogP contribution is -2.25. The monoisotopic (exact) mass is 468 g/mol. The van der Waals surface area contributed by atoms with Crippen LogP contribution in [0, 0.1) is 22.7 Å². The van der Waals surface area contributed by atoms with E-state index in [1.165, 1.54) is 0 Å². The fourth-order valence-electron chi connectivity index (χ4n) is 2.93. The first-order valence-electron chi connectivity index (χ1n) is 9.68. The largest absolute Gasteiger partial charge is 0.482 e. The molecule has 7 nitrogen and oxygen atoms in total. The zero-order chi connectivity index (χ0) is 22.9. The van der Waals surface area contributed by atoms with Crippen LogP contribution >= 0.6 is 23.2 Å². The third kappa shape index (κ3) is 6.24. The summed E-state index contributed by atoms with van der Waals surface area (Å²) >= 11 is 11.9. The summed E-state index contributed by atoms with van der Waals surface area (Å²) in [6, 6.07) is 16.5. The molecule has 32 heavy (non-hydrogen) atoms. The standard InChI is InChI=1S/C23H18Cl2N4O3/c24-17-5-8-21(19(25)14-17)31-15-22-28-20(23(30)32-22)13-16-3-6-18(7-4-16)29(11-1-9-26)12-2-10-27/h3-8,13-14H,1-2,11-12,15H2/b20-13-. The summed E-state index contributed by atoms with van der Waals surface area (Å²) in [4.78, 5) is 18.3. The summed E-state index contributed by atoms with van der Waals surface area (Å²) in [6.45, 7) is 1.02. The summed E-state index contributed by atoms with van der Waals surface area (Å²) in [6.07, 6.45) is 2.34. The van der Waals surface area contributed by atoms with E-state index < -0.39 is 5.97 Å². The highest BCUT2D eigenvalue weighted by Gasteiger charge is 2.23. The van der Waals surface area contributed by atoms with Crippen LogP contribution in [0.3, 0.4) is 0 Å². The predicted octanol–water partition coefficient (Wildman–Crippen LogP) is 5.00. The van der Waals surface area contributed by atoms with Crippen molar-refractivity contribution in [3.8, 4) is 17.9 Å². The highest BCUT2D eigenvalue weighted by atomic mass is 35.5. The second-order valence-electron chi connectivity index (χ2n) is 6.68. The van der Waals surface area contributed by atoms with Gasteiger partial charge in [-0.3, -0.25) is 0 Å². The first kappa shape index (κ1) is 23.1. The van der Waals surface area contributed by atoms with Crippen molar-refractivity contribution in [2.45, 2.75) is 12.8 Å². The number of hydrogen-bond acceptors (Lipinski definition) is 7. The summed E-state index contributed by atoms with van der Waals surface area (Å²) in [5.41, 5.74) is 1.81. The van der Waals surface area contributed by atoms with Crippen LogP contribution in [-0.2, 0) is 9.53 Å². The van der Waals surface area contributed by atoms with Crippen molar-refractivity contribution in [1.82, 2.24) is 0 Å². The zero-order valence-corrected chi connectivity index (χ0v) is 18.4. The molecule has 3 rings (SSSR count). The molecule has 1 heterocycles. The van der Waals surface area contributed by atoms with Gasteiger partial charge >= 0.3 is 5.97 Å². The van der Waals surface area contributed by atoms with Gasteiger partial charge in [-0.1, -0.05) is 35.3 Å². The Morgan fingerprint density at radius 2 is 1.75 bits per heavy atom. The number of carbonyl (C=O) groups excluding carboxylic acids is 1. The molecular formula is C23H18Cl2N4O3. The van der Waals surface area contributed by atoms with Gasteiger partial charge in [0.15, 0.2) is 12.3 Å². The molecule has 0 saturated heterocycles. The number of ether oxygens (including phenoxy) is 2. The van der Waals surface area contributed by atoms with Gasteiger partial charge in [0.2, 0.25) is 5.90 Å². The Hall–Kier alpha value is -3.52. The number of nitrogens with zero attached hydrogens (tertiary/aromatic N) is 4. The van der Waals surface area contributed by atoms with Crippen LogP contribution in [0.4, 0.5) is 5.69 Å². The average molecular weight is 469 g/mol. The van der Waals surface area contributed by atoms with E-state index in [1.807, 2.05) is 29.2 Å². The van der Waals surface area contributed by atoms with Crippen molar-refractivity contribution in [2.75, 3.05) is 24.6 Å². The van der Waals surface area contributed by atoms with Gasteiger partial charge in [0.1, 0.15) is 5.75 Å². The number of benzene rings is 2. The van der Waals surface area contributed by atoms with Crippen molar-refractivity contribution in [3.05, 3.63) is 63.8 Å². The molecule has 1 aliphatic rings. The van der Waals surface area contributed by atoms with Gasteiger partial charge in [-0.15, -0.1) is 0 Å². The second kappa shape index (κ2) is 11.2. The molecule has 162 valence electrons. The van der Waals surface area contributed by atoms with E-state index in [1.54, 1.807) is 24.3 Å². The van der Waals surface area contributed by atoms with E-state index in [0.717, 1.165) is 11.3 Å². The lowest BCUT2D eigenvalue weighted by molar-refractivity contribution is -0.130. The van der Waals surface area contributed by atoms with Crippen LogP contribution in [0.15, 0.2) is 53.2 Å². The quantitative estimate of drug-likeness (QED) is 0.379. The summed E-state index contributed by atoms with van der Waals surface area (Å²) in [5, 5.41) is 18.5. The number of rotatable bonds is 9. The van der Waals surface area contributed by atoms with Gasteiger partial charge < -0.3 is 14.4 Å². The zero-order valence-electron chi connectivity index (χ0n) is 16.9. The van der Waals surface area contributed by atoms with Crippen LogP contribution in [0.2, 0.25) is 10.0 Å². The molecule has 0 unspecified atom stereocenters. The minimum Gasteiger partial charge on any atom is -0.482 e. The molecule has 0 spiro atoms. The number of nitriles is 2. The number of hydrogen-bond donors (Lipinski definition) is 0. The highest BCUT2D eigenvalue weighted by Crippen LogP contribution is 2.28. The van der Waals surface area contributed by atoms with Crippen molar-refractivity contribution in [2.24, 2.45) is 4.99 Å². The Balaban J connectivity index is 1.67. The lowest BCUT2D eigenvalue weighted by atomic mass is 10.1. The van der Waals surface area contributed by atoms with Gasteiger partial charge in [0.25, 0.3) is 0 Å². The minimum atomic E-state index is -0.570. The fourth-order valence-corrected chi connectivity index (χ4v) is 3.39. The molecule has 1 aliphatic heterocycles. The maximum absolute atomic E-state index is 12.2. The Morgan fingerprint density at radius 3 is 2.38 bits per heavy atom. The first-order valence-corrected chi connectivity index (χ1v) is 10.4. The summed E-state index contributed by atoms with van der Waals surface area (Å²) < 4.78 is 10.7. The molecule has 0 aromatic heterocycles. The number of anilines is 1. The molecule has 2 aromatic carbocycles. The van der Waals surface area contributed by atoms with Crippen LogP contribution in [-0.4, -0.2) is 31.6 Å². The Kier molecular flexibility index (Phi) is 8.10. The Labute approximate surface area is 195 Å². The van der Waals surface area contributed by atoms with E-state index in [4.69, 9.17) is 43.2 Å². The Bertz CT molecular complexity index is 1110.